The summed E-state index contributed by atoms with van der Waals surface area (Å²) < 4.78 is 0.532. The molecule has 0 aromatic heterocycles. The first-order valence-electron chi connectivity index (χ1n) is 6.06. The molecule has 1 nitrogen and oxygen atoms in total. The van der Waals surface area contributed by atoms with Crippen LogP contribution in [-0.4, -0.2) is 23.6 Å². The molecule has 1 heterocycles. The van der Waals surface area contributed by atoms with Crippen LogP contribution in [0.2, 0.25) is 0 Å². The van der Waals surface area contributed by atoms with Crippen LogP contribution >= 0.6 is 11.8 Å². The summed E-state index contributed by atoms with van der Waals surface area (Å²) in [7, 11) is 2.15. The van der Waals surface area contributed by atoms with E-state index in [1.807, 2.05) is 0 Å². The largest absolute Gasteiger partial charge is 0.316 e. The molecule has 1 aliphatic heterocycles. The zero-order valence-corrected chi connectivity index (χ0v) is 10.3. The fraction of sp³-hybridized carbons (Fsp3) is 1.00. The maximum Gasteiger partial charge on any atom is 0.0285 e. The molecular formula is C12H23NS. The van der Waals surface area contributed by atoms with Crippen molar-refractivity contribution in [3.63, 3.8) is 0 Å². The minimum absolute atomic E-state index is 0.532. The van der Waals surface area contributed by atoms with Gasteiger partial charge in [0.25, 0.3) is 0 Å². The molecular weight excluding hydrogens is 190 g/mol. The summed E-state index contributed by atoms with van der Waals surface area (Å²) in [6.07, 6.45) is 8.70. The van der Waals surface area contributed by atoms with Crippen LogP contribution in [-0.2, 0) is 0 Å². The van der Waals surface area contributed by atoms with Crippen molar-refractivity contribution >= 4 is 11.8 Å². The quantitative estimate of drug-likeness (QED) is 0.770. The lowest BCUT2D eigenvalue weighted by molar-refractivity contribution is 0.243. The van der Waals surface area contributed by atoms with E-state index >= 15 is 0 Å². The first kappa shape index (κ1) is 10.8. The summed E-state index contributed by atoms with van der Waals surface area (Å²) in [4.78, 5) is 0. The minimum atomic E-state index is 0.532. The van der Waals surface area contributed by atoms with Gasteiger partial charge in [-0.1, -0.05) is 19.3 Å². The zero-order chi connectivity index (χ0) is 10.0. The molecule has 2 fully saturated rings. The predicted molar refractivity (Wildman–Crippen MR) is 64.9 cm³/mol. The Bertz CT molecular complexity index is 183. The predicted octanol–water partition coefficient (Wildman–Crippen LogP) is 3.05. The van der Waals surface area contributed by atoms with Crippen LogP contribution in [0.4, 0.5) is 0 Å². The molecule has 0 radical (unpaired) electrons. The van der Waals surface area contributed by atoms with Crippen molar-refractivity contribution in [3.05, 3.63) is 0 Å². The van der Waals surface area contributed by atoms with E-state index in [2.05, 4.69) is 31.1 Å². The van der Waals surface area contributed by atoms with Crippen LogP contribution in [0.1, 0.15) is 45.4 Å². The fourth-order valence-electron chi connectivity index (χ4n) is 2.81. The van der Waals surface area contributed by atoms with E-state index in [1.54, 1.807) is 0 Å². The topological polar surface area (TPSA) is 12.0 Å². The van der Waals surface area contributed by atoms with Gasteiger partial charge in [-0.25, -0.2) is 0 Å². The van der Waals surface area contributed by atoms with Gasteiger partial charge < -0.3 is 5.32 Å². The summed E-state index contributed by atoms with van der Waals surface area (Å²) in [5.41, 5.74) is 0. The monoisotopic (exact) mass is 213 g/mol. The molecule has 1 N–H and O–H groups in total. The van der Waals surface area contributed by atoms with Gasteiger partial charge in [0.05, 0.1) is 0 Å². The molecule has 2 unspecified atom stereocenters. The van der Waals surface area contributed by atoms with Crippen LogP contribution in [0.25, 0.3) is 0 Å². The molecule has 1 aliphatic carbocycles. The summed E-state index contributed by atoms with van der Waals surface area (Å²) in [5, 5.41) is 3.56. The molecule has 1 saturated heterocycles. The molecule has 2 heteroatoms. The van der Waals surface area contributed by atoms with E-state index in [0.29, 0.717) is 4.75 Å². The third-order valence-electron chi connectivity index (χ3n) is 4.13. The normalized spacial score (nSPS) is 35.6. The van der Waals surface area contributed by atoms with Gasteiger partial charge in [-0.2, -0.15) is 11.8 Å². The molecule has 0 aromatic rings. The van der Waals surface area contributed by atoms with E-state index < -0.39 is 0 Å². The van der Waals surface area contributed by atoms with E-state index in [-0.39, 0.29) is 0 Å². The van der Waals surface area contributed by atoms with Gasteiger partial charge in [-0.05, 0) is 44.9 Å². The number of hydrogen-bond donors (Lipinski definition) is 1. The maximum absolute atomic E-state index is 3.56. The first-order chi connectivity index (χ1) is 6.74. The lowest BCUT2D eigenvalue weighted by Crippen LogP contribution is -2.45. The summed E-state index contributed by atoms with van der Waals surface area (Å²) in [5.74, 6) is 2.41. The molecule has 0 bridgehead atoms. The molecule has 82 valence electrons. The SMILES string of the molecule is CNC(CC1CCC1)C1(C)CCCS1. The van der Waals surface area contributed by atoms with Gasteiger partial charge in [0, 0.05) is 10.8 Å². The van der Waals surface area contributed by atoms with Gasteiger partial charge in [0.2, 0.25) is 0 Å². The fourth-order valence-corrected chi connectivity index (χ4v) is 4.27. The third-order valence-corrected chi connectivity index (χ3v) is 5.77. The van der Waals surface area contributed by atoms with Gasteiger partial charge in [-0.15, -0.1) is 0 Å². The van der Waals surface area contributed by atoms with E-state index in [4.69, 9.17) is 0 Å². The second-order valence-electron chi connectivity index (χ2n) is 5.14. The van der Waals surface area contributed by atoms with E-state index in [9.17, 15) is 0 Å². The number of rotatable bonds is 4. The molecule has 0 spiro atoms. The van der Waals surface area contributed by atoms with Crippen molar-refractivity contribution < 1.29 is 0 Å². The second kappa shape index (κ2) is 4.44. The summed E-state index contributed by atoms with van der Waals surface area (Å²) in [6, 6.07) is 0.750. The van der Waals surface area contributed by atoms with Gasteiger partial charge in [-0.3, -0.25) is 0 Å². The average Bonchev–Trinajstić information content (AvgIpc) is 2.51. The van der Waals surface area contributed by atoms with Crippen molar-refractivity contribution in [1.82, 2.24) is 5.32 Å². The highest BCUT2D eigenvalue weighted by Crippen LogP contribution is 2.44. The van der Waals surface area contributed by atoms with Crippen LogP contribution in [0, 0.1) is 5.92 Å². The van der Waals surface area contributed by atoms with Crippen molar-refractivity contribution in [2.75, 3.05) is 12.8 Å². The van der Waals surface area contributed by atoms with E-state index in [1.165, 1.54) is 44.3 Å². The Morgan fingerprint density at radius 1 is 1.43 bits per heavy atom. The lowest BCUT2D eigenvalue weighted by atomic mass is 9.78. The second-order valence-corrected chi connectivity index (χ2v) is 6.77. The van der Waals surface area contributed by atoms with Gasteiger partial charge >= 0.3 is 0 Å². The van der Waals surface area contributed by atoms with Crippen molar-refractivity contribution in [1.29, 1.82) is 0 Å². The Labute approximate surface area is 92.4 Å². The smallest absolute Gasteiger partial charge is 0.0285 e. The molecule has 2 aliphatic rings. The highest BCUT2D eigenvalue weighted by Gasteiger charge is 2.38. The highest BCUT2D eigenvalue weighted by atomic mass is 32.2. The van der Waals surface area contributed by atoms with Crippen LogP contribution < -0.4 is 5.32 Å². The molecule has 2 atom stereocenters. The first-order valence-corrected chi connectivity index (χ1v) is 7.04. The Kier molecular flexibility index (Phi) is 3.43. The van der Waals surface area contributed by atoms with E-state index in [0.717, 1.165) is 12.0 Å². The maximum atomic E-state index is 3.56. The number of hydrogen-bond acceptors (Lipinski definition) is 2. The molecule has 1 saturated carbocycles. The van der Waals surface area contributed by atoms with Crippen molar-refractivity contribution in [2.45, 2.75) is 56.2 Å². The van der Waals surface area contributed by atoms with Crippen molar-refractivity contribution in [2.24, 2.45) is 5.92 Å². The Balaban J connectivity index is 1.89. The Morgan fingerprint density at radius 3 is 2.64 bits per heavy atom. The molecule has 0 amide bonds. The van der Waals surface area contributed by atoms with Gasteiger partial charge in [0.1, 0.15) is 0 Å². The zero-order valence-electron chi connectivity index (χ0n) is 9.51. The molecule has 0 aromatic carbocycles. The number of nitrogens with one attached hydrogen (secondary N) is 1. The highest BCUT2D eigenvalue weighted by molar-refractivity contribution is 8.00. The lowest BCUT2D eigenvalue weighted by Gasteiger charge is -2.38. The van der Waals surface area contributed by atoms with Crippen molar-refractivity contribution in [3.8, 4) is 0 Å². The van der Waals surface area contributed by atoms with Crippen LogP contribution in [0.15, 0.2) is 0 Å². The molecule has 14 heavy (non-hydrogen) atoms. The Hall–Kier alpha value is 0.310. The van der Waals surface area contributed by atoms with Gasteiger partial charge in [0.15, 0.2) is 0 Å². The van der Waals surface area contributed by atoms with Crippen LogP contribution in [0.3, 0.4) is 0 Å². The Morgan fingerprint density at radius 2 is 2.21 bits per heavy atom. The summed E-state index contributed by atoms with van der Waals surface area (Å²) >= 11 is 2.19. The number of thioether (sulfide) groups is 1. The van der Waals surface area contributed by atoms with Crippen LogP contribution in [0.5, 0.6) is 0 Å². The summed E-state index contributed by atoms with van der Waals surface area (Å²) in [6.45, 7) is 2.46. The standard InChI is InChI=1S/C12H23NS/c1-12(7-4-8-14-12)11(13-2)9-10-5-3-6-10/h10-11,13H,3-9H2,1-2H3. The third kappa shape index (κ3) is 2.11. The average molecular weight is 213 g/mol. The molecule has 2 rings (SSSR count). The minimum Gasteiger partial charge on any atom is -0.316 e.